The molecule has 1 N–H and O–H groups in total. The molecule has 2 atom stereocenters. The van der Waals surface area contributed by atoms with Crippen molar-refractivity contribution in [1.29, 1.82) is 0 Å². The van der Waals surface area contributed by atoms with Gasteiger partial charge >= 0.3 is 5.97 Å². The third kappa shape index (κ3) is 3.30. The van der Waals surface area contributed by atoms with E-state index in [2.05, 4.69) is 6.92 Å². The number of benzene rings is 1. The second kappa shape index (κ2) is 6.40. The number of methoxy groups -OCH3 is 1. The van der Waals surface area contributed by atoms with Gasteiger partial charge in [0.15, 0.2) is 0 Å². The van der Waals surface area contributed by atoms with Crippen LogP contribution in [0.3, 0.4) is 0 Å². The van der Waals surface area contributed by atoms with Gasteiger partial charge in [-0.15, -0.1) is 0 Å². The summed E-state index contributed by atoms with van der Waals surface area (Å²) in [6.45, 7) is 3.94. The van der Waals surface area contributed by atoms with Crippen LogP contribution in [0, 0.1) is 5.92 Å². The molecule has 1 rings (SSSR count). The number of aliphatic hydroxyl groups excluding tert-OH is 1. The molecule has 0 radical (unpaired) electrons. The summed E-state index contributed by atoms with van der Waals surface area (Å²) in [5.74, 6) is -0.855. The van der Waals surface area contributed by atoms with Crippen LogP contribution in [-0.2, 0) is 16.0 Å². The van der Waals surface area contributed by atoms with Crippen molar-refractivity contribution in [2.24, 2.45) is 5.92 Å². The molecule has 0 amide bonds. The first-order valence-corrected chi connectivity index (χ1v) is 5.98. The maximum atomic E-state index is 11.5. The van der Waals surface area contributed by atoms with Crippen molar-refractivity contribution < 1.29 is 14.6 Å². The van der Waals surface area contributed by atoms with Crippen molar-refractivity contribution in [3.05, 3.63) is 35.4 Å². The van der Waals surface area contributed by atoms with Crippen molar-refractivity contribution in [1.82, 2.24) is 0 Å². The first kappa shape index (κ1) is 13.7. The fraction of sp³-hybridized carbons (Fsp3) is 0.500. The van der Waals surface area contributed by atoms with Crippen molar-refractivity contribution >= 4 is 5.97 Å². The molecule has 0 aromatic heterocycles. The Labute approximate surface area is 102 Å². The van der Waals surface area contributed by atoms with Crippen LogP contribution in [0.15, 0.2) is 24.3 Å². The van der Waals surface area contributed by atoms with Crippen LogP contribution >= 0.6 is 0 Å². The summed E-state index contributed by atoms with van der Waals surface area (Å²) in [4.78, 5) is 11.5. The van der Waals surface area contributed by atoms with Crippen LogP contribution in [0.1, 0.15) is 37.5 Å². The standard InChI is InChI=1S/C14H20O3/c1-4-10-6-8-11(9-7-10)13(15)12(5-2)14(16)17-3/h6-9,12-13,15H,4-5H2,1-3H3. The fourth-order valence-corrected chi connectivity index (χ4v) is 1.85. The molecular formula is C14H20O3. The largest absolute Gasteiger partial charge is 0.469 e. The lowest BCUT2D eigenvalue weighted by Crippen LogP contribution is -2.22. The molecule has 0 heterocycles. The SMILES string of the molecule is CCc1ccc(C(O)C(CC)C(=O)OC)cc1. The van der Waals surface area contributed by atoms with Crippen molar-refractivity contribution in [2.75, 3.05) is 7.11 Å². The smallest absolute Gasteiger partial charge is 0.311 e. The van der Waals surface area contributed by atoms with Gasteiger partial charge in [0, 0.05) is 0 Å². The van der Waals surface area contributed by atoms with E-state index in [1.165, 1.54) is 12.7 Å². The maximum Gasteiger partial charge on any atom is 0.311 e. The lowest BCUT2D eigenvalue weighted by Gasteiger charge is -2.19. The second-order valence-corrected chi connectivity index (χ2v) is 4.08. The number of esters is 1. The Morgan fingerprint density at radius 1 is 1.29 bits per heavy atom. The number of rotatable bonds is 5. The summed E-state index contributed by atoms with van der Waals surface area (Å²) in [7, 11) is 1.35. The van der Waals surface area contributed by atoms with Gasteiger partial charge < -0.3 is 9.84 Å². The lowest BCUT2D eigenvalue weighted by molar-refractivity contribution is -0.149. The molecule has 0 spiro atoms. The second-order valence-electron chi connectivity index (χ2n) is 4.08. The van der Waals surface area contributed by atoms with Crippen LogP contribution in [0.2, 0.25) is 0 Å². The molecule has 1 aromatic rings. The van der Waals surface area contributed by atoms with E-state index in [0.29, 0.717) is 6.42 Å². The zero-order valence-electron chi connectivity index (χ0n) is 10.6. The number of aliphatic hydroxyl groups is 1. The Kier molecular flexibility index (Phi) is 5.16. The number of carbonyl (C=O) groups excluding carboxylic acids is 1. The highest BCUT2D eigenvalue weighted by molar-refractivity contribution is 5.73. The molecular weight excluding hydrogens is 216 g/mol. The van der Waals surface area contributed by atoms with Gasteiger partial charge in [-0.05, 0) is 24.0 Å². The highest BCUT2D eigenvalue weighted by atomic mass is 16.5. The van der Waals surface area contributed by atoms with E-state index < -0.39 is 12.0 Å². The van der Waals surface area contributed by atoms with Crippen LogP contribution in [0.25, 0.3) is 0 Å². The Balaban J connectivity index is 2.85. The Bertz CT molecular complexity index is 356. The van der Waals surface area contributed by atoms with E-state index in [9.17, 15) is 9.90 Å². The molecule has 17 heavy (non-hydrogen) atoms. The number of aryl methyl sites for hydroxylation is 1. The first-order chi connectivity index (χ1) is 8.13. The zero-order valence-corrected chi connectivity index (χ0v) is 10.6. The summed E-state index contributed by atoms with van der Waals surface area (Å²) in [5.41, 5.74) is 1.98. The van der Waals surface area contributed by atoms with E-state index in [1.807, 2.05) is 31.2 Å². The van der Waals surface area contributed by atoms with Gasteiger partial charge in [-0.2, -0.15) is 0 Å². The van der Waals surface area contributed by atoms with Crippen molar-refractivity contribution in [3.8, 4) is 0 Å². The zero-order chi connectivity index (χ0) is 12.8. The van der Waals surface area contributed by atoms with Crippen molar-refractivity contribution in [3.63, 3.8) is 0 Å². The van der Waals surface area contributed by atoms with Gasteiger partial charge in [-0.3, -0.25) is 4.79 Å². The number of ether oxygens (including phenoxy) is 1. The first-order valence-electron chi connectivity index (χ1n) is 5.98. The minimum atomic E-state index is -0.793. The molecule has 0 fully saturated rings. The van der Waals surface area contributed by atoms with Gasteiger partial charge in [0.2, 0.25) is 0 Å². The van der Waals surface area contributed by atoms with Gasteiger partial charge in [-0.25, -0.2) is 0 Å². The Hall–Kier alpha value is -1.35. The fourth-order valence-electron chi connectivity index (χ4n) is 1.85. The molecule has 0 bridgehead atoms. The lowest BCUT2D eigenvalue weighted by atomic mass is 9.93. The van der Waals surface area contributed by atoms with Crippen LogP contribution in [-0.4, -0.2) is 18.2 Å². The molecule has 0 aliphatic heterocycles. The summed E-state index contributed by atoms with van der Waals surface area (Å²) < 4.78 is 4.69. The highest BCUT2D eigenvalue weighted by Crippen LogP contribution is 2.25. The third-order valence-corrected chi connectivity index (χ3v) is 3.05. The van der Waals surface area contributed by atoms with E-state index in [1.54, 1.807) is 0 Å². The van der Waals surface area contributed by atoms with Crippen LogP contribution in [0.5, 0.6) is 0 Å². The predicted molar refractivity (Wildman–Crippen MR) is 66.6 cm³/mol. The maximum absolute atomic E-state index is 11.5. The summed E-state index contributed by atoms with van der Waals surface area (Å²) in [6.07, 6.45) is 0.729. The summed E-state index contributed by atoms with van der Waals surface area (Å²) in [6, 6.07) is 7.69. The normalized spacial score (nSPS) is 14.1. The van der Waals surface area contributed by atoms with E-state index in [4.69, 9.17) is 4.74 Å². The molecule has 0 aliphatic carbocycles. The highest BCUT2D eigenvalue weighted by Gasteiger charge is 2.26. The molecule has 0 saturated heterocycles. The van der Waals surface area contributed by atoms with Crippen molar-refractivity contribution in [2.45, 2.75) is 32.8 Å². The molecule has 3 nitrogen and oxygen atoms in total. The third-order valence-electron chi connectivity index (χ3n) is 3.05. The summed E-state index contributed by atoms with van der Waals surface area (Å²) in [5, 5.41) is 10.1. The molecule has 94 valence electrons. The number of carbonyl (C=O) groups is 1. The molecule has 1 aromatic carbocycles. The quantitative estimate of drug-likeness (QED) is 0.799. The monoisotopic (exact) mass is 236 g/mol. The van der Waals surface area contributed by atoms with Gasteiger partial charge in [-0.1, -0.05) is 38.1 Å². The van der Waals surface area contributed by atoms with E-state index in [0.717, 1.165) is 12.0 Å². The van der Waals surface area contributed by atoms with Crippen LogP contribution in [0.4, 0.5) is 0 Å². The Morgan fingerprint density at radius 3 is 2.29 bits per heavy atom. The van der Waals surface area contributed by atoms with Crippen LogP contribution < -0.4 is 0 Å². The minimum absolute atomic E-state index is 0.362. The average Bonchev–Trinajstić information content (AvgIpc) is 2.39. The molecule has 0 saturated carbocycles. The van der Waals surface area contributed by atoms with Gasteiger partial charge in [0.25, 0.3) is 0 Å². The molecule has 0 aliphatic rings. The minimum Gasteiger partial charge on any atom is -0.469 e. The number of hydrogen-bond acceptors (Lipinski definition) is 3. The molecule has 3 heteroatoms. The Morgan fingerprint density at radius 2 is 1.88 bits per heavy atom. The van der Waals surface area contributed by atoms with Gasteiger partial charge in [0.1, 0.15) is 0 Å². The number of hydrogen-bond donors (Lipinski definition) is 1. The van der Waals surface area contributed by atoms with E-state index in [-0.39, 0.29) is 5.97 Å². The predicted octanol–water partition coefficient (Wildman–Crippen LogP) is 2.48. The average molecular weight is 236 g/mol. The molecule has 2 unspecified atom stereocenters. The van der Waals surface area contributed by atoms with E-state index >= 15 is 0 Å². The topological polar surface area (TPSA) is 46.5 Å². The van der Waals surface area contributed by atoms with Gasteiger partial charge in [0.05, 0.1) is 19.1 Å². The summed E-state index contributed by atoms with van der Waals surface area (Å²) >= 11 is 0.